The average Bonchev–Trinajstić information content (AvgIpc) is 3.05. The molecule has 2 atom stereocenters. The molecule has 5 heteroatoms. The van der Waals surface area contributed by atoms with Crippen molar-refractivity contribution in [2.75, 3.05) is 13.1 Å². The fourth-order valence-corrected chi connectivity index (χ4v) is 4.59. The van der Waals surface area contributed by atoms with Crippen molar-refractivity contribution in [3.63, 3.8) is 0 Å². The molecule has 0 bridgehead atoms. The SMILES string of the molecule is CC(C)NC(=O)N[C@@H]1CCCC1N1CCC(Cc2ccc(Cl)cc2)CC1. The maximum atomic E-state index is 12.1. The summed E-state index contributed by atoms with van der Waals surface area (Å²) in [6, 6.07) is 9.24. The zero-order chi connectivity index (χ0) is 18.5. The number of amides is 2. The third-order valence-electron chi connectivity index (χ3n) is 5.77. The Morgan fingerprint density at radius 2 is 1.85 bits per heavy atom. The second-order valence-electron chi connectivity index (χ2n) is 8.19. The number of carbonyl (C=O) groups excluding carboxylic acids is 1. The molecule has 1 aliphatic heterocycles. The van der Waals surface area contributed by atoms with Crippen LogP contribution in [-0.2, 0) is 6.42 Å². The summed E-state index contributed by atoms with van der Waals surface area (Å²) in [6.07, 6.45) is 7.14. The molecule has 4 nitrogen and oxygen atoms in total. The molecule has 1 aromatic rings. The molecule has 1 aromatic carbocycles. The summed E-state index contributed by atoms with van der Waals surface area (Å²) in [4.78, 5) is 14.7. The molecule has 2 aliphatic rings. The number of urea groups is 1. The van der Waals surface area contributed by atoms with Crippen LogP contribution in [0, 0.1) is 5.92 Å². The Morgan fingerprint density at radius 1 is 1.15 bits per heavy atom. The number of likely N-dealkylation sites (tertiary alicyclic amines) is 1. The maximum Gasteiger partial charge on any atom is 0.315 e. The van der Waals surface area contributed by atoms with Gasteiger partial charge in [-0.3, -0.25) is 4.90 Å². The zero-order valence-corrected chi connectivity index (χ0v) is 16.8. The molecule has 1 heterocycles. The standard InChI is InChI=1S/C21H32ClN3O/c1-15(2)23-21(26)24-19-4-3-5-20(19)25-12-10-17(11-13-25)14-16-6-8-18(22)9-7-16/h6-9,15,17,19-20H,3-5,10-14H2,1-2H3,(H2,23,24,26)/t19-,20?/m1/s1. The molecule has 1 saturated carbocycles. The van der Waals surface area contributed by atoms with Gasteiger partial charge < -0.3 is 10.6 Å². The highest BCUT2D eigenvalue weighted by molar-refractivity contribution is 6.30. The van der Waals surface area contributed by atoms with E-state index in [0.717, 1.165) is 36.9 Å². The van der Waals surface area contributed by atoms with Crippen LogP contribution in [0.1, 0.15) is 51.5 Å². The first-order chi connectivity index (χ1) is 12.5. The first-order valence-electron chi connectivity index (χ1n) is 10.1. The molecule has 26 heavy (non-hydrogen) atoms. The summed E-state index contributed by atoms with van der Waals surface area (Å²) in [7, 11) is 0. The van der Waals surface area contributed by atoms with Crippen molar-refractivity contribution in [2.45, 2.75) is 70.5 Å². The number of rotatable bonds is 5. The van der Waals surface area contributed by atoms with Crippen molar-refractivity contribution in [3.8, 4) is 0 Å². The van der Waals surface area contributed by atoms with Gasteiger partial charge in [-0.2, -0.15) is 0 Å². The Kier molecular flexibility index (Phi) is 6.82. The van der Waals surface area contributed by atoms with Crippen molar-refractivity contribution in [2.24, 2.45) is 5.92 Å². The third-order valence-corrected chi connectivity index (χ3v) is 6.02. The van der Waals surface area contributed by atoms with Gasteiger partial charge in [-0.25, -0.2) is 4.79 Å². The number of nitrogens with one attached hydrogen (secondary N) is 2. The van der Waals surface area contributed by atoms with Gasteiger partial charge in [0.25, 0.3) is 0 Å². The van der Waals surface area contributed by atoms with Gasteiger partial charge in [-0.05, 0) is 89.1 Å². The van der Waals surface area contributed by atoms with E-state index in [1.165, 1.54) is 31.2 Å². The monoisotopic (exact) mass is 377 g/mol. The molecule has 0 spiro atoms. The zero-order valence-electron chi connectivity index (χ0n) is 16.0. The van der Waals surface area contributed by atoms with Crippen LogP contribution in [0.2, 0.25) is 5.02 Å². The average molecular weight is 378 g/mol. The smallest absolute Gasteiger partial charge is 0.315 e. The predicted molar refractivity (Wildman–Crippen MR) is 108 cm³/mol. The summed E-state index contributed by atoms with van der Waals surface area (Å²) in [5.74, 6) is 0.754. The van der Waals surface area contributed by atoms with Crippen LogP contribution in [0.25, 0.3) is 0 Å². The van der Waals surface area contributed by atoms with Crippen LogP contribution in [0.3, 0.4) is 0 Å². The van der Waals surface area contributed by atoms with E-state index in [0.29, 0.717) is 12.1 Å². The molecule has 1 saturated heterocycles. The Balaban J connectivity index is 1.47. The maximum absolute atomic E-state index is 12.1. The summed E-state index contributed by atoms with van der Waals surface area (Å²) < 4.78 is 0. The number of benzene rings is 1. The third kappa shape index (κ3) is 5.37. The number of nitrogens with zero attached hydrogens (tertiary/aromatic N) is 1. The van der Waals surface area contributed by atoms with E-state index in [1.54, 1.807) is 0 Å². The van der Waals surface area contributed by atoms with Gasteiger partial charge in [-0.15, -0.1) is 0 Å². The fourth-order valence-electron chi connectivity index (χ4n) is 4.46. The van der Waals surface area contributed by atoms with Crippen LogP contribution >= 0.6 is 11.6 Å². The van der Waals surface area contributed by atoms with Crippen LogP contribution < -0.4 is 10.6 Å². The highest BCUT2D eigenvalue weighted by atomic mass is 35.5. The quantitative estimate of drug-likeness (QED) is 0.806. The molecule has 0 radical (unpaired) electrons. The van der Waals surface area contributed by atoms with Crippen molar-refractivity contribution < 1.29 is 4.79 Å². The predicted octanol–water partition coefficient (Wildman–Crippen LogP) is 4.22. The van der Waals surface area contributed by atoms with E-state index in [1.807, 2.05) is 26.0 Å². The van der Waals surface area contributed by atoms with Crippen molar-refractivity contribution in [1.82, 2.24) is 15.5 Å². The van der Waals surface area contributed by atoms with E-state index in [2.05, 4.69) is 27.7 Å². The Labute approximate surface area is 162 Å². The largest absolute Gasteiger partial charge is 0.336 e. The van der Waals surface area contributed by atoms with E-state index in [9.17, 15) is 4.79 Å². The minimum atomic E-state index is -0.0190. The minimum Gasteiger partial charge on any atom is -0.336 e. The molecular formula is C21H32ClN3O. The lowest BCUT2D eigenvalue weighted by molar-refractivity contribution is 0.118. The lowest BCUT2D eigenvalue weighted by Crippen LogP contribution is -2.53. The first-order valence-corrected chi connectivity index (χ1v) is 10.4. The lowest BCUT2D eigenvalue weighted by Gasteiger charge is -2.38. The molecule has 2 N–H and O–H groups in total. The van der Waals surface area contributed by atoms with E-state index >= 15 is 0 Å². The highest BCUT2D eigenvalue weighted by Gasteiger charge is 2.35. The molecule has 0 aromatic heterocycles. The summed E-state index contributed by atoms with van der Waals surface area (Å²) in [6.45, 7) is 6.29. The lowest BCUT2D eigenvalue weighted by atomic mass is 9.89. The van der Waals surface area contributed by atoms with E-state index < -0.39 is 0 Å². The van der Waals surface area contributed by atoms with Gasteiger partial charge in [0.1, 0.15) is 0 Å². The molecule has 144 valence electrons. The van der Waals surface area contributed by atoms with Gasteiger partial charge in [0.05, 0.1) is 0 Å². The summed E-state index contributed by atoms with van der Waals surface area (Å²) >= 11 is 5.98. The summed E-state index contributed by atoms with van der Waals surface area (Å²) in [5.41, 5.74) is 1.39. The van der Waals surface area contributed by atoms with E-state index in [4.69, 9.17) is 11.6 Å². The van der Waals surface area contributed by atoms with Gasteiger partial charge >= 0.3 is 6.03 Å². The number of carbonyl (C=O) groups is 1. The molecule has 1 unspecified atom stereocenters. The normalized spacial score (nSPS) is 24.8. The van der Waals surface area contributed by atoms with Crippen molar-refractivity contribution in [3.05, 3.63) is 34.9 Å². The van der Waals surface area contributed by atoms with Crippen molar-refractivity contribution in [1.29, 1.82) is 0 Å². The van der Waals surface area contributed by atoms with Crippen LogP contribution in [-0.4, -0.2) is 42.1 Å². The van der Waals surface area contributed by atoms with E-state index in [-0.39, 0.29) is 12.1 Å². The Hall–Kier alpha value is -1.26. The molecule has 2 fully saturated rings. The first kappa shape index (κ1) is 19.5. The Bertz CT molecular complexity index is 581. The van der Waals surface area contributed by atoms with Crippen LogP contribution in [0.4, 0.5) is 4.79 Å². The molecule has 1 aliphatic carbocycles. The minimum absolute atomic E-state index is 0.0190. The number of hydrogen-bond acceptors (Lipinski definition) is 2. The fraction of sp³-hybridized carbons (Fsp3) is 0.667. The van der Waals surface area contributed by atoms with Gasteiger partial charge in [0.15, 0.2) is 0 Å². The number of piperidine rings is 1. The molecule has 2 amide bonds. The van der Waals surface area contributed by atoms with Gasteiger partial charge in [-0.1, -0.05) is 23.7 Å². The topological polar surface area (TPSA) is 44.4 Å². The Morgan fingerprint density at radius 3 is 2.50 bits per heavy atom. The second-order valence-corrected chi connectivity index (χ2v) is 8.62. The summed E-state index contributed by atoms with van der Waals surface area (Å²) in [5, 5.41) is 6.97. The number of halogens is 1. The van der Waals surface area contributed by atoms with Crippen LogP contribution in [0.5, 0.6) is 0 Å². The van der Waals surface area contributed by atoms with Gasteiger partial charge in [0.2, 0.25) is 0 Å². The second kappa shape index (κ2) is 9.09. The van der Waals surface area contributed by atoms with Gasteiger partial charge in [0, 0.05) is 23.1 Å². The number of hydrogen-bond donors (Lipinski definition) is 2. The highest BCUT2D eigenvalue weighted by Crippen LogP contribution is 2.30. The molecular weight excluding hydrogens is 346 g/mol. The molecule has 3 rings (SSSR count). The van der Waals surface area contributed by atoms with Crippen molar-refractivity contribution >= 4 is 17.6 Å². The van der Waals surface area contributed by atoms with Crippen LogP contribution in [0.15, 0.2) is 24.3 Å².